The van der Waals surface area contributed by atoms with Crippen molar-refractivity contribution in [1.82, 2.24) is 15.4 Å². The third-order valence-electron chi connectivity index (χ3n) is 5.10. The van der Waals surface area contributed by atoms with Crippen molar-refractivity contribution in [3.63, 3.8) is 0 Å². The fourth-order valence-corrected chi connectivity index (χ4v) is 3.70. The molecule has 1 N–H and O–H groups in total. The highest BCUT2D eigenvalue weighted by Crippen LogP contribution is 2.25. The fraction of sp³-hybridized carbons (Fsp3) is 0.824. The predicted octanol–water partition coefficient (Wildman–Crippen LogP) is 0.587. The van der Waals surface area contributed by atoms with E-state index < -0.39 is 0 Å². The first kappa shape index (κ1) is 16.5. The van der Waals surface area contributed by atoms with Crippen molar-refractivity contribution in [2.75, 3.05) is 52.7 Å². The number of nitrogens with one attached hydrogen (secondary N) is 1. The van der Waals surface area contributed by atoms with Gasteiger partial charge in [0.15, 0.2) is 5.76 Å². The van der Waals surface area contributed by atoms with Gasteiger partial charge in [0.1, 0.15) is 0 Å². The van der Waals surface area contributed by atoms with Crippen LogP contribution < -0.4 is 5.32 Å². The molecule has 0 aliphatic carbocycles. The van der Waals surface area contributed by atoms with E-state index in [1.807, 2.05) is 0 Å². The number of nitrogens with zero attached hydrogens (tertiary/aromatic N) is 2. The summed E-state index contributed by atoms with van der Waals surface area (Å²) in [6, 6.07) is 2.61. The highest BCUT2D eigenvalue weighted by atomic mass is 16.5. The zero-order chi connectivity index (χ0) is 16.2. The number of morpholine rings is 1. The molecule has 24 heavy (non-hydrogen) atoms. The summed E-state index contributed by atoms with van der Waals surface area (Å²) in [5.41, 5.74) is 1.02. The zero-order valence-corrected chi connectivity index (χ0v) is 14.2. The van der Waals surface area contributed by atoms with Crippen molar-refractivity contribution in [2.24, 2.45) is 0 Å². The van der Waals surface area contributed by atoms with E-state index in [1.165, 1.54) is 0 Å². The van der Waals surface area contributed by atoms with Crippen molar-refractivity contribution in [3.05, 3.63) is 17.5 Å². The Morgan fingerprint density at radius 2 is 1.83 bits per heavy atom. The van der Waals surface area contributed by atoms with E-state index >= 15 is 0 Å². The molecule has 1 aromatic rings. The lowest BCUT2D eigenvalue weighted by Gasteiger charge is -2.45. The maximum Gasteiger partial charge on any atom is 0.150 e. The third-order valence-corrected chi connectivity index (χ3v) is 5.10. The zero-order valence-electron chi connectivity index (χ0n) is 14.2. The first-order valence-corrected chi connectivity index (χ1v) is 8.99. The van der Waals surface area contributed by atoms with Crippen LogP contribution in [-0.2, 0) is 27.2 Å². The Kier molecular flexibility index (Phi) is 5.14. The van der Waals surface area contributed by atoms with Gasteiger partial charge in [0, 0.05) is 44.8 Å². The van der Waals surface area contributed by atoms with Crippen LogP contribution in [0.1, 0.15) is 24.3 Å². The first-order chi connectivity index (χ1) is 11.8. The minimum absolute atomic E-state index is 0.00904. The van der Waals surface area contributed by atoms with Gasteiger partial charge in [-0.05, 0) is 12.8 Å². The number of rotatable bonds is 6. The number of hydrogen-bond donors (Lipinski definition) is 1. The maximum absolute atomic E-state index is 5.55. The van der Waals surface area contributed by atoms with Gasteiger partial charge >= 0.3 is 0 Å². The number of ether oxygens (including phenoxy) is 3. The Hall–Kier alpha value is -0.990. The highest BCUT2D eigenvalue weighted by Gasteiger charge is 2.41. The van der Waals surface area contributed by atoms with E-state index in [1.54, 1.807) is 0 Å². The van der Waals surface area contributed by atoms with E-state index in [9.17, 15) is 0 Å². The molecule has 0 bridgehead atoms. The Balaban J connectivity index is 1.33. The summed E-state index contributed by atoms with van der Waals surface area (Å²) < 4.78 is 21.9. The van der Waals surface area contributed by atoms with Crippen molar-refractivity contribution in [3.8, 4) is 0 Å². The van der Waals surface area contributed by atoms with Gasteiger partial charge in [-0.15, -0.1) is 0 Å². The monoisotopic (exact) mass is 337 g/mol. The van der Waals surface area contributed by atoms with Gasteiger partial charge in [-0.2, -0.15) is 0 Å². The Labute approximate surface area is 142 Å². The molecule has 0 saturated carbocycles. The van der Waals surface area contributed by atoms with Crippen LogP contribution in [0.3, 0.4) is 0 Å². The quantitative estimate of drug-likeness (QED) is 0.814. The molecule has 0 atom stereocenters. The van der Waals surface area contributed by atoms with Crippen LogP contribution in [0.25, 0.3) is 0 Å². The first-order valence-electron chi connectivity index (χ1n) is 8.99. The minimum Gasteiger partial charge on any atom is -0.381 e. The summed E-state index contributed by atoms with van der Waals surface area (Å²) in [5.74, 6) is 0.938. The lowest BCUT2D eigenvalue weighted by molar-refractivity contribution is -0.0854. The molecule has 0 radical (unpaired) electrons. The lowest BCUT2D eigenvalue weighted by Crippen LogP contribution is -2.65. The molecule has 7 nitrogen and oxygen atoms in total. The molecular formula is C17H27N3O4. The average molecular weight is 337 g/mol. The van der Waals surface area contributed by atoms with E-state index in [2.05, 4.69) is 21.4 Å². The predicted molar refractivity (Wildman–Crippen MR) is 86.8 cm³/mol. The smallest absolute Gasteiger partial charge is 0.150 e. The van der Waals surface area contributed by atoms with Crippen molar-refractivity contribution in [1.29, 1.82) is 0 Å². The summed E-state index contributed by atoms with van der Waals surface area (Å²) in [7, 11) is 0. The van der Waals surface area contributed by atoms with Crippen LogP contribution in [0, 0.1) is 0 Å². The van der Waals surface area contributed by atoms with E-state index in [0.717, 1.165) is 90.0 Å². The van der Waals surface area contributed by atoms with Gasteiger partial charge in [0.2, 0.25) is 0 Å². The van der Waals surface area contributed by atoms with Gasteiger partial charge in [0.25, 0.3) is 0 Å². The number of hydrogen-bond acceptors (Lipinski definition) is 7. The standard InChI is InChI=1S/C17H27N3O4/c1-5-21-6-2-14(1)18-17(12-23-13-17)10-15-9-16(24-19-15)11-20-3-7-22-8-4-20/h9,14,18H,1-8,10-13H2. The SMILES string of the molecule is c1c(CC2(NC3CCOCC3)COC2)noc1CN1CCOCC1. The van der Waals surface area contributed by atoms with Gasteiger partial charge in [0.05, 0.1) is 44.2 Å². The Bertz CT molecular complexity index is 520. The summed E-state index contributed by atoms with van der Waals surface area (Å²) in [5, 5.41) is 8.08. The second-order valence-electron chi connectivity index (χ2n) is 7.15. The van der Waals surface area contributed by atoms with Crippen molar-refractivity contribution in [2.45, 2.75) is 37.4 Å². The van der Waals surface area contributed by atoms with Gasteiger partial charge < -0.3 is 24.1 Å². The van der Waals surface area contributed by atoms with Crippen LogP contribution >= 0.6 is 0 Å². The normalized spacial score (nSPS) is 25.5. The molecule has 0 aromatic carbocycles. The van der Waals surface area contributed by atoms with Crippen molar-refractivity contribution < 1.29 is 18.7 Å². The molecular weight excluding hydrogens is 310 g/mol. The largest absolute Gasteiger partial charge is 0.381 e. The lowest BCUT2D eigenvalue weighted by atomic mass is 9.89. The molecule has 3 saturated heterocycles. The van der Waals surface area contributed by atoms with Gasteiger partial charge in [-0.1, -0.05) is 5.16 Å². The summed E-state index contributed by atoms with van der Waals surface area (Å²) in [4.78, 5) is 2.34. The number of aromatic nitrogens is 1. The summed E-state index contributed by atoms with van der Waals surface area (Å²) in [6.07, 6.45) is 3.00. The molecule has 3 fully saturated rings. The van der Waals surface area contributed by atoms with Crippen LogP contribution in [0.5, 0.6) is 0 Å². The summed E-state index contributed by atoms with van der Waals surface area (Å²) >= 11 is 0. The molecule has 0 unspecified atom stereocenters. The molecule has 4 rings (SSSR count). The highest BCUT2D eigenvalue weighted by molar-refractivity contribution is 5.13. The molecule has 4 heterocycles. The van der Waals surface area contributed by atoms with Gasteiger partial charge in [-0.3, -0.25) is 4.90 Å². The van der Waals surface area contributed by atoms with Gasteiger partial charge in [-0.25, -0.2) is 0 Å². The van der Waals surface area contributed by atoms with E-state index in [4.69, 9.17) is 18.7 Å². The molecule has 134 valence electrons. The van der Waals surface area contributed by atoms with E-state index in [0.29, 0.717) is 6.04 Å². The molecule has 3 aliphatic heterocycles. The van der Waals surface area contributed by atoms with E-state index in [-0.39, 0.29) is 5.54 Å². The maximum atomic E-state index is 5.55. The average Bonchev–Trinajstić information content (AvgIpc) is 3.01. The summed E-state index contributed by atoms with van der Waals surface area (Å²) in [6.45, 7) is 7.52. The second kappa shape index (κ2) is 7.49. The Morgan fingerprint density at radius 1 is 1.08 bits per heavy atom. The minimum atomic E-state index is 0.00904. The topological polar surface area (TPSA) is 69.0 Å². The molecule has 1 aromatic heterocycles. The fourth-order valence-electron chi connectivity index (χ4n) is 3.70. The van der Waals surface area contributed by atoms with Crippen molar-refractivity contribution >= 4 is 0 Å². The molecule has 3 aliphatic rings. The second-order valence-corrected chi connectivity index (χ2v) is 7.15. The van der Waals surface area contributed by atoms with Crippen LogP contribution in [0.4, 0.5) is 0 Å². The Morgan fingerprint density at radius 3 is 2.54 bits per heavy atom. The third kappa shape index (κ3) is 3.97. The molecule has 7 heteroatoms. The molecule has 0 amide bonds. The van der Waals surface area contributed by atoms with Crippen LogP contribution in [0.15, 0.2) is 10.6 Å². The van der Waals surface area contributed by atoms with Crippen LogP contribution in [0.2, 0.25) is 0 Å². The molecule has 0 spiro atoms. The van der Waals surface area contributed by atoms with Crippen LogP contribution in [-0.4, -0.2) is 74.4 Å².